The van der Waals surface area contributed by atoms with Crippen LogP contribution in [0, 0.1) is 5.82 Å². The third kappa shape index (κ3) is 3.87. The van der Waals surface area contributed by atoms with Gasteiger partial charge in [0.05, 0.1) is 24.8 Å². The van der Waals surface area contributed by atoms with Crippen molar-refractivity contribution in [1.82, 2.24) is 4.90 Å². The molecular formula is C21H20F3NO2. The molecule has 2 atom stereocenters. The smallest absolute Gasteiger partial charge is 0.387 e. The first-order chi connectivity index (χ1) is 13.1. The molecule has 2 aliphatic heterocycles. The lowest BCUT2D eigenvalue weighted by Crippen LogP contribution is -2.53. The number of benzene rings is 2. The van der Waals surface area contributed by atoms with Gasteiger partial charge in [-0.2, -0.15) is 8.78 Å². The summed E-state index contributed by atoms with van der Waals surface area (Å²) in [7, 11) is 0. The molecule has 4 rings (SSSR count). The Balaban J connectivity index is 1.65. The number of rotatable bonds is 5. The number of hydrogen-bond donors (Lipinski definition) is 0. The number of fused-ring (bicyclic) bond motifs is 2. The monoisotopic (exact) mass is 375 g/mol. The highest BCUT2D eigenvalue weighted by Crippen LogP contribution is 2.38. The van der Waals surface area contributed by atoms with E-state index in [2.05, 4.69) is 21.8 Å². The van der Waals surface area contributed by atoms with Gasteiger partial charge in [0.2, 0.25) is 0 Å². The van der Waals surface area contributed by atoms with Crippen molar-refractivity contribution in [1.29, 1.82) is 0 Å². The first-order valence-electron chi connectivity index (χ1n) is 8.93. The van der Waals surface area contributed by atoms with Gasteiger partial charge in [-0.15, -0.1) is 0 Å². The average Bonchev–Trinajstić information content (AvgIpc) is 2.62. The fourth-order valence-electron chi connectivity index (χ4n) is 3.90. The summed E-state index contributed by atoms with van der Waals surface area (Å²) in [6.07, 6.45) is 2.44. The van der Waals surface area contributed by atoms with Crippen molar-refractivity contribution in [2.24, 2.45) is 0 Å². The van der Waals surface area contributed by atoms with Crippen molar-refractivity contribution in [3.8, 4) is 5.75 Å². The normalized spacial score (nSPS) is 22.6. The topological polar surface area (TPSA) is 21.7 Å². The molecule has 0 saturated carbocycles. The lowest BCUT2D eigenvalue weighted by Gasteiger charge is -2.45. The summed E-state index contributed by atoms with van der Waals surface area (Å²) in [4.78, 5) is 2.33. The van der Waals surface area contributed by atoms with E-state index in [0.717, 1.165) is 6.54 Å². The molecule has 0 N–H and O–H groups in total. The van der Waals surface area contributed by atoms with Crippen LogP contribution in [0.3, 0.4) is 0 Å². The van der Waals surface area contributed by atoms with E-state index in [9.17, 15) is 13.2 Å². The van der Waals surface area contributed by atoms with Crippen LogP contribution in [0.5, 0.6) is 5.75 Å². The number of hydrogen-bond acceptors (Lipinski definition) is 3. The zero-order valence-electron chi connectivity index (χ0n) is 14.7. The minimum absolute atomic E-state index is 0.0355. The standard InChI is InChI=1S/C21H20F3NO2/c22-18-7-4-8-19(27-21(23)24)20(18)15-9-16-12-26-13-17(10-15)25(16)11-14-5-2-1-3-6-14/h1-9,16-17,21H,10-13H2. The molecule has 1 saturated heterocycles. The van der Waals surface area contributed by atoms with Crippen LogP contribution in [0.2, 0.25) is 0 Å². The van der Waals surface area contributed by atoms with Gasteiger partial charge in [-0.1, -0.05) is 42.5 Å². The van der Waals surface area contributed by atoms with Crippen LogP contribution in [0.25, 0.3) is 5.57 Å². The number of ether oxygens (including phenoxy) is 2. The largest absolute Gasteiger partial charge is 0.434 e. The molecule has 3 nitrogen and oxygen atoms in total. The number of nitrogens with zero attached hydrogens (tertiary/aromatic N) is 1. The Morgan fingerprint density at radius 1 is 1.07 bits per heavy atom. The van der Waals surface area contributed by atoms with Crippen LogP contribution in [0.4, 0.5) is 13.2 Å². The lowest BCUT2D eigenvalue weighted by atomic mass is 9.88. The minimum Gasteiger partial charge on any atom is -0.434 e. The summed E-state index contributed by atoms with van der Waals surface area (Å²) < 4.78 is 50.2. The van der Waals surface area contributed by atoms with E-state index in [-0.39, 0.29) is 23.4 Å². The Kier molecular flexibility index (Phi) is 5.18. The van der Waals surface area contributed by atoms with Crippen LogP contribution < -0.4 is 4.74 Å². The molecule has 2 bridgehead atoms. The van der Waals surface area contributed by atoms with Gasteiger partial charge in [0, 0.05) is 12.6 Å². The lowest BCUT2D eigenvalue weighted by molar-refractivity contribution is -0.0506. The van der Waals surface area contributed by atoms with Crippen LogP contribution in [0.15, 0.2) is 54.6 Å². The fraction of sp³-hybridized carbons (Fsp3) is 0.333. The maximum absolute atomic E-state index is 14.5. The second-order valence-corrected chi connectivity index (χ2v) is 6.80. The SMILES string of the molecule is Fc1cccc(OC(F)F)c1C1=CC2COCC(C1)N2Cc1ccccc1. The van der Waals surface area contributed by atoms with Crippen LogP contribution in [-0.4, -0.2) is 36.8 Å². The molecule has 2 aliphatic rings. The number of alkyl halides is 2. The third-order valence-corrected chi connectivity index (χ3v) is 5.06. The number of morpholine rings is 1. The first kappa shape index (κ1) is 18.1. The van der Waals surface area contributed by atoms with Gasteiger partial charge in [0.1, 0.15) is 11.6 Å². The molecule has 2 unspecified atom stereocenters. The second kappa shape index (κ2) is 7.74. The van der Waals surface area contributed by atoms with Gasteiger partial charge in [-0.25, -0.2) is 4.39 Å². The Labute approximate surface area is 156 Å². The highest BCUT2D eigenvalue weighted by molar-refractivity contribution is 5.73. The zero-order valence-corrected chi connectivity index (χ0v) is 14.7. The Hall–Kier alpha value is -2.31. The predicted molar refractivity (Wildman–Crippen MR) is 96.0 cm³/mol. The molecule has 0 radical (unpaired) electrons. The van der Waals surface area contributed by atoms with Gasteiger partial charge in [-0.3, -0.25) is 4.90 Å². The van der Waals surface area contributed by atoms with Gasteiger partial charge < -0.3 is 9.47 Å². The molecule has 2 aromatic rings. The molecule has 0 amide bonds. The van der Waals surface area contributed by atoms with E-state index < -0.39 is 12.4 Å². The summed E-state index contributed by atoms with van der Waals surface area (Å²) in [5.41, 5.74) is 2.03. The minimum atomic E-state index is -2.99. The molecule has 0 aliphatic carbocycles. The summed E-state index contributed by atoms with van der Waals surface area (Å²) >= 11 is 0. The molecule has 2 heterocycles. The number of halogens is 3. The van der Waals surface area contributed by atoms with Gasteiger partial charge in [0.25, 0.3) is 0 Å². The van der Waals surface area contributed by atoms with Crippen molar-refractivity contribution in [2.45, 2.75) is 31.7 Å². The highest BCUT2D eigenvalue weighted by Gasteiger charge is 2.36. The fourth-order valence-corrected chi connectivity index (χ4v) is 3.90. The molecule has 27 heavy (non-hydrogen) atoms. The molecule has 1 fully saturated rings. The predicted octanol–water partition coefficient (Wildman–Crippen LogP) is 4.48. The quantitative estimate of drug-likeness (QED) is 0.769. The average molecular weight is 375 g/mol. The van der Waals surface area contributed by atoms with Gasteiger partial charge in [0.15, 0.2) is 0 Å². The Morgan fingerprint density at radius 3 is 2.63 bits per heavy atom. The van der Waals surface area contributed by atoms with E-state index in [1.165, 1.54) is 23.8 Å². The summed E-state index contributed by atoms with van der Waals surface area (Å²) in [6.45, 7) is -1.21. The summed E-state index contributed by atoms with van der Waals surface area (Å²) in [5.74, 6) is -0.665. The van der Waals surface area contributed by atoms with Gasteiger partial charge in [-0.05, 0) is 29.7 Å². The van der Waals surface area contributed by atoms with E-state index in [4.69, 9.17) is 4.74 Å². The van der Waals surface area contributed by atoms with Crippen LogP contribution in [0.1, 0.15) is 17.5 Å². The van der Waals surface area contributed by atoms with E-state index in [0.29, 0.717) is 25.2 Å². The summed E-state index contributed by atoms with van der Waals surface area (Å²) in [6, 6.07) is 14.2. The maximum Gasteiger partial charge on any atom is 0.387 e. The van der Waals surface area contributed by atoms with E-state index >= 15 is 0 Å². The molecule has 0 spiro atoms. The van der Waals surface area contributed by atoms with Gasteiger partial charge >= 0.3 is 6.61 Å². The highest BCUT2D eigenvalue weighted by atomic mass is 19.3. The van der Waals surface area contributed by atoms with Crippen LogP contribution in [-0.2, 0) is 11.3 Å². The molecule has 2 aromatic carbocycles. The van der Waals surface area contributed by atoms with Crippen LogP contribution >= 0.6 is 0 Å². The first-order valence-corrected chi connectivity index (χ1v) is 8.93. The van der Waals surface area contributed by atoms with Crippen molar-refractivity contribution >= 4 is 5.57 Å². The Morgan fingerprint density at radius 2 is 1.89 bits per heavy atom. The van der Waals surface area contributed by atoms with E-state index in [1.807, 2.05) is 24.3 Å². The Bertz CT molecular complexity index is 825. The molecule has 0 aromatic heterocycles. The second-order valence-electron chi connectivity index (χ2n) is 6.80. The maximum atomic E-state index is 14.5. The van der Waals surface area contributed by atoms with E-state index in [1.54, 1.807) is 0 Å². The molecule has 6 heteroatoms. The van der Waals surface area contributed by atoms with Crippen molar-refractivity contribution in [3.05, 3.63) is 71.6 Å². The molecular weight excluding hydrogens is 355 g/mol. The third-order valence-electron chi connectivity index (χ3n) is 5.06. The molecule has 142 valence electrons. The summed E-state index contributed by atoms with van der Waals surface area (Å²) in [5, 5.41) is 0. The van der Waals surface area contributed by atoms with Crippen molar-refractivity contribution in [2.75, 3.05) is 13.2 Å². The van der Waals surface area contributed by atoms with Crippen molar-refractivity contribution < 1.29 is 22.6 Å². The zero-order chi connectivity index (χ0) is 18.8. The van der Waals surface area contributed by atoms with Crippen molar-refractivity contribution in [3.63, 3.8) is 0 Å².